The molecule has 0 spiro atoms. The van der Waals surface area contributed by atoms with Crippen molar-refractivity contribution >= 4 is 33.1 Å². The molecule has 2 aromatic heterocycles. The van der Waals surface area contributed by atoms with E-state index in [9.17, 15) is 4.79 Å². The smallest absolute Gasteiger partial charge is 0.264 e. The highest BCUT2D eigenvalue weighted by Crippen LogP contribution is 2.32. The first kappa shape index (κ1) is 23.4. The first-order valence-corrected chi connectivity index (χ1v) is 12.8. The maximum Gasteiger partial charge on any atom is 0.264 e. The number of aryl methyl sites for hydroxylation is 1. The molecule has 1 fully saturated rings. The van der Waals surface area contributed by atoms with Crippen LogP contribution in [0.2, 0.25) is 0 Å². The van der Waals surface area contributed by atoms with Crippen molar-refractivity contribution in [2.45, 2.75) is 6.92 Å². The van der Waals surface area contributed by atoms with Gasteiger partial charge in [0.1, 0.15) is 17.2 Å². The van der Waals surface area contributed by atoms with Crippen molar-refractivity contribution in [2.75, 3.05) is 58.3 Å². The second kappa shape index (κ2) is 10.1. The molecule has 1 aliphatic rings. The summed E-state index contributed by atoms with van der Waals surface area (Å²) in [6, 6.07) is 20.3. The maximum atomic E-state index is 13.4. The van der Waals surface area contributed by atoms with Crippen LogP contribution in [-0.4, -0.2) is 78.9 Å². The number of anilines is 1. The van der Waals surface area contributed by atoms with Crippen molar-refractivity contribution in [3.8, 4) is 11.4 Å². The molecule has 0 bridgehead atoms. The Kier molecular flexibility index (Phi) is 6.74. The Morgan fingerprint density at radius 2 is 1.74 bits per heavy atom. The molecular formula is C27H31N5O2S. The summed E-state index contributed by atoms with van der Waals surface area (Å²) in [6.07, 6.45) is 0. The third kappa shape index (κ3) is 4.90. The molecule has 0 N–H and O–H groups in total. The summed E-state index contributed by atoms with van der Waals surface area (Å²) in [6.45, 7) is 6.44. The van der Waals surface area contributed by atoms with E-state index in [2.05, 4.69) is 15.9 Å². The number of carbonyl (C=O) groups excluding carboxylic acids is 1. The van der Waals surface area contributed by atoms with E-state index < -0.39 is 0 Å². The van der Waals surface area contributed by atoms with Crippen LogP contribution in [0.15, 0.2) is 60.7 Å². The van der Waals surface area contributed by atoms with Crippen molar-refractivity contribution in [1.29, 1.82) is 0 Å². The standard InChI is InChI=1S/C27H31N5O2S/c1-20-22-19-25(35-27(22)32(28-20)21-9-5-4-6-10-21)26(33)31-15-13-30(14-16-31)23-11-7-8-12-24(23)34-18-17-29(2)3/h4-12,19H,13-18H2,1-3H3. The average molecular weight is 490 g/mol. The zero-order chi connectivity index (χ0) is 24.4. The molecule has 0 radical (unpaired) electrons. The first-order chi connectivity index (χ1) is 17.0. The van der Waals surface area contributed by atoms with Gasteiger partial charge in [0.2, 0.25) is 0 Å². The Hall–Kier alpha value is -3.36. The Morgan fingerprint density at radius 1 is 1.03 bits per heavy atom. The summed E-state index contributed by atoms with van der Waals surface area (Å²) >= 11 is 1.52. The Bertz CT molecular complexity index is 1310. The maximum absolute atomic E-state index is 13.4. The zero-order valence-corrected chi connectivity index (χ0v) is 21.3. The fourth-order valence-corrected chi connectivity index (χ4v) is 5.53. The van der Waals surface area contributed by atoms with Gasteiger partial charge in [-0.2, -0.15) is 5.10 Å². The summed E-state index contributed by atoms with van der Waals surface area (Å²) < 4.78 is 8.00. The van der Waals surface area contributed by atoms with Crippen molar-refractivity contribution in [1.82, 2.24) is 19.6 Å². The Morgan fingerprint density at radius 3 is 2.49 bits per heavy atom. The Labute approximate surface area is 210 Å². The molecule has 1 aliphatic heterocycles. The van der Waals surface area contributed by atoms with Crippen LogP contribution in [0.1, 0.15) is 15.4 Å². The van der Waals surface area contributed by atoms with Crippen LogP contribution in [-0.2, 0) is 0 Å². The fourth-order valence-electron chi connectivity index (χ4n) is 4.38. The third-order valence-electron chi connectivity index (χ3n) is 6.33. The quantitative estimate of drug-likeness (QED) is 0.388. The molecule has 1 saturated heterocycles. The number of para-hydroxylation sites is 3. The minimum Gasteiger partial charge on any atom is -0.490 e. The van der Waals surface area contributed by atoms with Crippen LogP contribution < -0.4 is 9.64 Å². The highest BCUT2D eigenvalue weighted by atomic mass is 32.1. The second-order valence-corrected chi connectivity index (χ2v) is 10.1. The minimum absolute atomic E-state index is 0.0976. The molecule has 2 aromatic carbocycles. The number of thiophene rings is 1. The summed E-state index contributed by atoms with van der Waals surface area (Å²) in [5.41, 5.74) is 3.04. The van der Waals surface area contributed by atoms with Crippen molar-refractivity contribution in [3.05, 3.63) is 71.2 Å². The number of piperazine rings is 1. The largest absolute Gasteiger partial charge is 0.490 e. The van der Waals surface area contributed by atoms with Crippen molar-refractivity contribution < 1.29 is 9.53 Å². The van der Waals surface area contributed by atoms with E-state index in [-0.39, 0.29) is 5.91 Å². The van der Waals surface area contributed by atoms with Gasteiger partial charge in [0.15, 0.2) is 0 Å². The fraction of sp³-hybridized carbons (Fsp3) is 0.333. The number of rotatable bonds is 7. The number of carbonyl (C=O) groups is 1. The molecule has 3 heterocycles. The van der Waals surface area contributed by atoms with Gasteiger partial charge < -0.3 is 19.4 Å². The molecule has 182 valence electrons. The number of nitrogens with zero attached hydrogens (tertiary/aromatic N) is 5. The number of hydrogen-bond donors (Lipinski definition) is 0. The van der Waals surface area contributed by atoms with Gasteiger partial charge in [-0.05, 0) is 51.4 Å². The van der Waals surface area contributed by atoms with E-state index in [0.29, 0.717) is 19.7 Å². The normalized spacial score (nSPS) is 14.2. The lowest BCUT2D eigenvalue weighted by molar-refractivity contribution is 0.0751. The predicted molar refractivity (Wildman–Crippen MR) is 142 cm³/mol. The van der Waals surface area contributed by atoms with E-state index in [1.165, 1.54) is 11.3 Å². The topological polar surface area (TPSA) is 53.8 Å². The van der Waals surface area contributed by atoms with Gasteiger partial charge in [-0.1, -0.05) is 30.3 Å². The second-order valence-electron chi connectivity index (χ2n) is 9.06. The Balaban J connectivity index is 1.28. The third-order valence-corrected chi connectivity index (χ3v) is 7.42. The summed E-state index contributed by atoms with van der Waals surface area (Å²) in [7, 11) is 4.09. The molecule has 35 heavy (non-hydrogen) atoms. The summed E-state index contributed by atoms with van der Waals surface area (Å²) in [5, 5.41) is 5.74. The molecule has 8 heteroatoms. The van der Waals surface area contributed by atoms with E-state index in [1.54, 1.807) is 0 Å². The van der Waals surface area contributed by atoms with E-state index in [1.807, 2.05) is 85.2 Å². The van der Waals surface area contributed by atoms with Gasteiger partial charge in [-0.25, -0.2) is 4.68 Å². The van der Waals surface area contributed by atoms with Gasteiger partial charge in [0, 0.05) is 38.1 Å². The zero-order valence-electron chi connectivity index (χ0n) is 20.5. The van der Waals surface area contributed by atoms with Gasteiger partial charge in [0.25, 0.3) is 5.91 Å². The highest BCUT2D eigenvalue weighted by Gasteiger charge is 2.26. The molecule has 0 unspecified atom stereocenters. The molecule has 0 saturated carbocycles. The van der Waals surface area contributed by atoms with Gasteiger partial charge >= 0.3 is 0 Å². The van der Waals surface area contributed by atoms with E-state index in [4.69, 9.17) is 9.84 Å². The minimum atomic E-state index is 0.0976. The molecule has 5 rings (SSSR count). The van der Waals surface area contributed by atoms with Gasteiger partial charge in [-0.15, -0.1) is 11.3 Å². The number of fused-ring (bicyclic) bond motifs is 1. The highest BCUT2D eigenvalue weighted by molar-refractivity contribution is 7.20. The molecule has 4 aromatic rings. The summed E-state index contributed by atoms with van der Waals surface area (Å²) in [4.78, 5) is 21.6. The van der Waals surface area contributed by atoms with E-state index >= 15 is 0 Å². The number of benzene rings is 2. The first-order valence-electron chi connectivity index (χ1n) is 12.0. The molecule has 7 nitrogen and oxygen atoms in total. The molecular weight excluding hydrogens is 458 g/mol. The number of ether oxygens (including phenoxy) is 1. The molecule has 1 amide bonds. The molecule has 0 atom stereocenters. The number of aromatic nitrogens is 2. The van der Waals surface area contributed by atoms with Crippen molar-refractivity contribution in [3.63, 3.8) is 0 Å². The SMILES string of the molecule is Cc1nn(-c2ccccc2)c2sc(C(=O)N3CCN(c4ccccc4OCCN(C)C)CC3)cc12. The van der Waals surface area contributed by atoms with Gasteiger partial charge in [0.05, 0.1) is 21.9 Å². The van der Waals surface area contributed by atoms with Crippen LogP contribution in [0, 0.1) is 6.92 Å². The van der Waals surface area contributed by atoms with E-state index in [0.717, 1.165) is 57.5 Å². The lowest BCUT2D eigenvalue weighted by Gasteiger charge is -2.36. The van der Waals surface area contributed by atoms with Crippen LogP contribution in [0.3, 0.4) is 0 Å². The lowest BCUT2D eigenvalue weighted by atomic mass is 10.2. The summed E-state index contributed by atoms with van der Waals surface area (Å²) in [5.74, 6) is 1.000. The predicted octanol–water partition coefficient (Wildman–Crippen LogP) is 4.30. The van der Waals surface area contributed by atoms with Gasteiger partial charge in [-0.3, -0.25) is 4.79 Å². The number of likely N-dealkylation sites (N-methyl/N-ethyl adjacent to an activating group) is 1. The number of hydrogen-bond acceptors (Lipinski definition) is 6. The van der Waals surface area contributed by atoms with Crippen molar-refractivity contribution in [2.24, 2.45) is 0 Å². The average Bonchev–Trinajstić information content (AvgIpc) is 3.45. The molecule has 0 aliphatic carbocycles. The van der Waals surface area contributed by atoms with Crippen LogP contribution >= 0.6 is 11.3 Å². The number of amides is 1. The van der Waals surface area contributed by atoms with Crippen LogP contribution in [0.5, 0.6) is 5.75 Å². The van der Waals surface area contributed by atoms with Crippen LogP contribution in [0.4, 0.5) is 5.69 Å². The monoisotopic (exact) mass is 489 g/mol. The van der Waals surface area contributed by atoms with Crippen LogP contribution in [0.25, 0.3) is 15.9 Å². The lowest BCUT2D eigenvalue weighted by Crippen LogP contribution is -2.48.